The molecule has 1 fully saturated rings. The molecule has 0 aliphatic heterocycles. The summed E-state index contributed by atoms with van der Waals surface area (Å²) in [4.78, 5) is 25.3. The summed E-state index contributed by atoms with van der Waals surface area (Å²) in [6.07, 6.45) is 2.77. The van der Waals surface area contributed by atoms with E-state index in [0.717, 1.165) is 25.0 Å². The van der Waals surface area contributed by atoms with Gasteiger partial charge in [0, 0.05) is 28.7 Å². The van der Waals surface area contributed by atoms with Crippen LogP contribution in [0.1, 0.15) is 36.1 Å². The molecule has 0 spiro atoms. The molecule has 152 valence electrons. The van der Waals surface area contributed by atoms with Gasteiger partial charge in [-0.1, -0.05) is 47.5 Å². The first-order chi connectivity index (χ1) is 13.8. The Kier molecular flexibility index (Phi) is 6.96. The number of carboxylic acids is 1. The monoisotopic (exact) mass is 433 g/mol. The Morgan fingerprint density at radius 1 is 1.03 bits per heavy atom. The van der Waals surface area contributed by atoms with Gasteiger partial charge in [-0.2, -0.15) is 0 Å². The third-order valence-corrected chi connectivity index (χ3v) is 5.33. The Labute approximate surface area is 179 Å². The number of aliphatic hydroxyl groups is 1. The number of benzene rings is 2. The average molecular weight is 434 g/mol. The van der Waals surface area contributed by atoms with Crippen LogP contribution in [-0.4, -0.2) is 33.5 Å². The van der Waals surface area contributed by atoms with Gasteiger partial charge in [0.2, 0.25) is 5.91 Å². The highest BCUT2D eigenvalue weighted by Gasteiger charge is 2.35. The van der Waals surface area contributed by atoms with E-state index in [4.69, 9.17) is 28.3 Å². The van der Waals surface area contributed by atoms with Crippen molar-refractivity contribution in [2.24, 2.45) is 5.92 Å². The summed E-state index contributed by atoms with van der Waals surface area (Å²) >= 11 is 12.1. The van der Waals surface area contributed by atoms with Gasteiger partial charge in [-0.25, -0.2) is 4.79 Å². The van der Waals surface area contributed by atoms with Gasteiger partial charge in [0.25, 0.3) is 0 Å². The second-order valence-electron chi connectivity index (χ2n) is 7.10. The van der Waals surface area contributed by atoms with Gasteiger partial charge in [-0.15, -0.1) is 0 Å². The highest BCUT2D eigenvalue weighted by molar-refractivity contribution is 6.30. The number of aliphatic hydroxyl groups excluding tert-OH is 1. The molecule has 1 aliphatic rings. The number of rotatable bonds is 8. The van der Waals surface area contributed by atoms with Crippen molar-refractivity contribution in [3.63, 3.8) is 0 Å². The summed E-state index contributed by atoms with van der Waals surface area (Å²) in [5, 5.41) is 21.1. The minimum absolute atomic E-state index is 0.332. The molecule has 0 heterocycles. The van der Waals surface area contributed by atoms with Gasteiger partial charge in [-0.05, 0) is 54.2 Å². The molecule has 2 atom stereocenters. The SMILES string of the molecule is O=C(O)C=CC(=O)N(CC1CC1)[C@H](c1ccc(Cl)cc1)[C@@H](O)c1cccc(Cl)c1. The van der Waals surface area contributed by atoms with Gasteiger partial charge >= 0.3 is 5.97 Å². The maximum atomic E-state index is 12.9. The highest BCUT2D eigenvalue weighted by Crippen LogP contribution is 2.39. The maximum Gasteiger partial charge on any atom is 0.328 e. The van der Waals surface area contributed by atoms with E-state index in [1.807, 2.05) is 0 Å². The third kappa shape index (κ3) is 5.82. The molecule has 0 unspecified atom stereocenters. The predicted octanol–water partition coefficient (Wildman–Crippen LogP) is 4.65. The van der Waals surface area contributed by atoms with Gasteiger partial charge in [0.1, 0.15) is 6.10 Å². The number of hydrogen-bond acceptors (Lipinski definition) is 3. The number of carboxylic acid groups (broad SMARTS) is 1. The lowest BCUT2D eigenvalue weighted by atomic mass is 9.93. The first-order valence-electron chi connectivity index (χ1n) is 9.25. The average Bonchev–Trinajstić information content (AvgIpc) is 3.51. The van der Waals surface area contributed by atoms with Crippen molar-refractivity contribution in [1.29, 1.82) is 0 Å². The standard InChI is InChI=1S/C22H21Cl2NO4/c23-17-8-6-15(7-9-17)21(22(29)16-2-1-3-18(24)12-16)25(13-14-4-5-14)19(26)10-11-20(27)28/h1-3,6-12,14,21-22,29H,4-5,13H2,(H,27,28)/t21-,22+/m1/s1. The van der Waals surface area contributed by atoms with Gasteiger partial charge in [-0.3, -0.25) is 4.79 Å². The number of hydrogen-bond donors (Lipinski definition) is 2. The zero-order valence-electron chi connectivity index (χ0n) is 15.5. The van der Waals surface area contributed by atoms with Crippen LogP contribution in [0.3, 0.4) is 0 Å². The molecule has 0 bridgehead atoms. The fraction of sp³-hybridized carbons (Fsp3) is 0.273. The first kappa shape index (κ1) is 21.4. The summed E-state index contributed by atoms with van der Waals surface area (Å²) < 4.78 is 0. The van der Waals surface area contributed by atoms with Crippen molar-refractivity contribution < 1.29 is 19.8 Å². The number of aliphatic carboxylic acids is 1. The van der Waals surface area contributed by atoms with Crippen molar-refractivity contribution >= 4 is 35.1 Å². The molecule has 3 rings (SSSR count). The first-order valence-corrected chi connectivity index (χ1v) is 10.0. The molecule has 0 aromatic heterocycles. The van der Waals surface area contributed by atoms with Crippen molar-refractivity contribution in [3.8, 4) is 0 Å². The number of nitrogens with zero attached hydrogens (tertiary/aromatic N) is 1. The van der Waals surface area contributed by atoms with Crippen LogP contribution < -0.4 is 0 Å². The van der Waals surface area contributed by atoms with E-state index in [2.05, 4.69) is 0 Å². The predicted molar refractivity (Wildman–Crippen MR) is 112 cm³/mol. The van der Waals surface area contributed by atoms with E-state index >= 15 is 0 Å². The Morgan fingerprint density at radius 3 is 2.31 bits per heavy atom. The van der Waals surface area contributed by atoms with E-state index in [1.165, 1.54) is 4.90 Å². The lowest BCUT2D eigenvalue weighted by molar-refractivity contribution is -0.134. The van der Waals surface area contributed by atoms with Crippen molar-refractivity contribution in [1.82, 2.24) is 4.90 Å². The van der Waals surface area contributed by atoms with E-state index in [1.54, 1.807) is 48.5 Å². The fourth-order valence-electron chi connectivity index (χ4n) is 3.22. The van der Waals surface area contributed by atoms with E-state index in [0.29, 0.717) is 33.6 Å². The molecule has 29 heavy (non-hydrogen) atoms. The quantitative estimate of drug-likeness (QED) is 0.593. The van der Waals surface area contributed by atoms with Crippen LogP contribution in [0.15, 0.2) is 60.7 Å². The second kappa shape index (κ2) is 9.44. The zero-order chi connectivity index (χ0) is 21.0. The zero-order valence-corrected chi connectivity index (χ0v) is 17.1. The van der Waals surface area contributed by atoms with Crippen LogP contribution >= 0.6 is 23.2 Å². The molecule has 2 N–H and O–H groups in total. The van der Waals surface area contributed by atoms with Gasteiger partial charge in [0.15, 0.2) is 0 Å². The molecule has 0 saturated heterocycles. The molecule has 0 radical (unpaired) electrons. The van der Waals surface area contributed by atoms with E-state index < -0.39 is 24.0 Å². The summed E-state index contributed by atoms with van der Waals surface area (Å²) in [7, 11) is 0. The largest absolute Gasteiger partial charge is 0.478 e. The van der Waals surface area contributed by atoms with Crippen LogP contribution in [-0.2, 0) is 9.59 Å². The Morgan fingerprint density at radius 2 is 1.72 bits per heavy atom. The number of halogens is 2. The van der Waals surface area contributed by atoms with Gasteiger partial charge < -0.3 is 15.1 Å². The summed E-state index contributed by atoms with van der Waals surface area (Å²) in [6.45, 7) is 0.424. The van der Waals surface area contributed by atoms with Crippen molar-refractivity contribution in [2.45, 2.75) is 25.0 Å². The molecule has 1 aliphatic carbocycles. The Hall–Kier alpha value is -2.34. The second-order valence-corrected chi connectivity index (χ2v) is 7.97. The van der Waals surface area contributed by atoms with Crippen LogP contribution in [0.25, 0.3) is 0 Å². The number of carbonyl (C=O) groups is 2. The molecule has 1 saturated carbocycles. The van der Waals surface area contributed by atoms with E-state index in [9.17, 15) is 14.7 Å². The van der Waals surface area contributed by atoms with Crippen molar-refractivity contribution in [2.75, 3.05) is 6.54 Å². The van der Waals surface area contributed by atoms with Crippen LogP contribution in [0.4, 0.5) is 0 Å². The third-order valence-electron chi connectivity index (χ3n) is 4.84. The molecule has 2 aromatic carbocycles. The summed E-state index contributed by atoms with van der Waals surface area (Å²) in [5.74, 6) is -1.35. The Bertz CT molecular complexity index is 909. The molecule has 7 heteroatoms. The molecule has 1 amide bonds. The van der Waals surface area contributed by atoms with Crippen LogP contribution in [0.5, 0.6) is 0 Å². The normalized spacial score (nSPS) is 15.8. The molecular weight excluding hydrogens is 413 g/mol. The lowest BCUT2D eigenvalue weighted by Crippen LogP contribution is -2.38. The highest BCUT2D eigenvalue weighted by atomic mass is 35.5. The van der Waals surface area contributed by atoms with Crippen molar-refractivity contribution in [3.05, 3.63) is 81.9 Å². The minimum Gasteiger partial charge on any atom is -0.478 e. The number of carbonyl (C=O) groups excluding carboxylic acids is 1. The molecule has 2 aromatic rings. The topological polar surface area (TPSA) is 77.8 Å². The van der Waals surface area contributed by atoms with Gasteiger partial charge in [0.05, 0.1) is 6.04 Å². The summed E-state index contributed by atoms with van der Waals surface area (Å²) in [6, 6.07) is 13.0. The maximum absolute atomic E-state index is 12.9. The Balaban J connectivity index is 2.03. The van der Waals surface area contributed by atoms with Crippen LogP contribution in [0.2, 0.25) is 10.0 Å². The lowest BCUT2D eigenvalue weighted by Gasteiger charge is -2.35. The van der Waals surface area contributed by atoms with Crippen LogP contribution in [0, 0.1) is 5.92 Å². The molecule has 5 nitrogen and oxygen atoms in total. The minimum atomic E-state index is -1.21. The van der Waals surface area contributed by atoms with E-state index in [-0.39, 0.29) is 0 Å². The fourth-order valence-corrected chi connectivity index (χ4v) is 3.55. The number of amides is 1. The smallest absolute Gasteiger partial charge is 0.328 e. The summed E-state index contributed by atoms with van der Waals surface area (Å²) in [5.41, 5.74) is 1.26. The molecular formula is C22H21Cl2NO4.